The highest BCUT2D eigenvalue weighted by Crippen LogP contribution is 2.42. The minimum absolute atomic E-state index is 0.0295. The lowest BCUT2D eigenvalue weighted by Crippen LogP contribution is -2.53. The van der Waals surface area contributed by atoms with Crippen LogP contribution in [0, 0.1) is 5.92 Å². The first-order chi connectivity index (χ1) is 17.5. The van der Waals surface area contributed by atoms with Crippen molar-refractivity contribution in [3.05, 3.63) is 71.9 Å². The number of benzene rings is 2. The van der Waals surface area contributed by atoms with Gasteiger partial charge in [-0.05, 0) is 48.8 Å². The topological polar surface area (TPSA) is 152 Å². The number of aromatic nitrogens is 1. The molecule has 3 rings (SSSR count). The number of aryl methyl sites for hydroxylation is 1. The van der Waals surface area contributed by atoms with Gasteiger partial charge in [-0.25, -0.2) is 4.79 Å². The second-order valence-corrected chi connectivity index (χ2v) is 11.6. The van der Waals surface area contributed by atoms with E-state index in [1.54, 1.807) is 6.20 Å². The number of para-hydroxylation sites is 1. The summed E-state index contributed by atoms with van der Waals surface area (Å²) in [6.07, 6.45) is 3.41. The van der Waals surface area contributed by atoms with Crippen LogP contribution >= 0.6 is 7.60 Å². The largest absolute Gasteiger partial charge is 0.480 e. The van der Waals surface area contributed by atoms with Crippen LogP contribution in [0.15, 0.2) is 60.8 Å². The number of hydrogen-bond donors (Lipinski definition) is 6. The van der Waals surface area contributed by atoms with Crippen molar-refractivity contribution in [1.82, 2.24) is 15.6 Å². The standard InChI is InChI=1S/C27H36N3O6P/c1-18(2)15-23(29-25(37(34,35)36)14-8-11-19-9-4-3-5-10-19)26(31)30-24(27(32)33)16-20-17-28-22-13-7-6-12-21(20)22/h3-7,9-10,12-13,17-18,23-25,28-29H,8,11,14-16H2,1-2H3,(H,30,31)(H,32,33)(H2,34,35,36)/t23-,24-,25?/m0/s1. The monoisotopic (exact) mass is 529 g/mol. The highest BCUT2D eigenvalue weighted by atomic mass is 31.2. The summed E-state index contributed by atoms with van der Waals surface area (Å²) < 4.78 is 12.3. The van der Waals surface area contributed by atoms with E-state index in [1.807, 2.05) is 68.4 Å². The summed E-state index contributed by atoms with van der Waals surface area (Å²) in [4.78, 5) is 48.4. The molecule has 200 valence electrons. The molecule has 2 aromatic carbocycles. The van der Waals surface area contributed by atoms with E-state index in [2.05, 4.69) is 15.6 Å². The first kappa shape index (κ1) is 28.6. The van der Waals surface area contributed by atoms with Crippen molar-refractivity contribution in [1.29, 1.82) is 0 Å². The predicted octanol–water partition coefficient (Wildman–Crippen LogP) is 3.81. The molecule has 0 aliphatic rings. The quantitative estimate of drug-likeness (QED) is 0.174. The number of aromatic amines is 1. The van der Waals surface area contributed by atoms with E-state index in [4.69, 9.17) is 0 Å². The van der Waals surface area contributed by atoms with Gasteiger partial charge in [0.15, 0.2) is 0 Å². The van der Waals surface area contributed by atoms with Crippen LogP contribution in [0.25, 0.3) is 10.9 Å². The van der Waals surface area contributed by atoms with Crippen LogP contribution in [-0.2, 0) is 27.0 Å². The minimum Gasteiger partial charge on any atom is -0.480 e. The second-order valence-electron chi connectivity index (χ2n) is 9.79. The predicted molar refractivity (Wildman–Crippen MR) is 143 cm³/mol. The number of carboxylic acids is 1. The molecule has 1 aromatic heterocycles. The van der Waals surface area contributed by atoms with Crippen molar-refractivity contribution in [3.8, 4) is 0 Å². The lowest BCUT2D eigenvalue weighted by atomic mass is 10.0. The van der Waals surface area contributed by atoms with Crippen LogP contribution in [0.4, 0.5) is 0 Å². The highest BCUT2D eigenvalue weighted by molar-refractivity contribution is 7.52. The molecule has 10 heteroatoms. The Morgan fingerprint density at radius 2 is 1.68 bits per heavy atom. The number of carboxylic acid groups (broad SMARTS) is 1. The molecule has 6 N–H and O–H groups in total. The molecule has 0 fully saturated rings. The third-order valence-corrected chi connectivity index (χ3v) is 7.54. The Morgan fingerprint density at radius 3 is 2.32 bits per heavy atom. The van der Waals surface area contributed by atoms with Crippen molar-refractivity contribution in [2.75, 3.05) is 0 Å². The Hall–Kier alpha value is -2.97. The number of carbonyl (C=O) groups excluding carboxylic acids is 1. The fourth-order valence-electron chi connectivity index (χ4n) is 4.44. The van der Waals surface area contributed by atoms with E-state index < -0.39 is 37.3 Å². The third-order valence-electron chi connectivity index (χ3n) is 6.32. The van der Waals surface area contributed by atoms with Gasteiger partial charge >= 0.3 is 13.6 Å². The molecule has 37 heavy (non-hydrogen) atoms. The van der Waals surface area contributed by atoms with Crippen molar-refractivity contribution in [3.63, 3.8) is 0 Å². The van der Waals surface area contributed by atoms with Gasteiger partial charge in [0.05, 0.1) is 6.04 Å². The van der Waals surface area contributed by atoms with E-state index in [0.29, 0.717) is 19.3 Å². The van der Waals surface area contributed by atoms with Crippen molar-refractivity contribution in [2.24, 2.45) is 5.92 Å². The van der Waals surface area contributed by atoms with Crippen LogP contribution in [0.3, 0.4) is 0 Å². The van der Waals surface area contributed by atoms with Crippen LogP contribution in [-0.4, -0.2) is 49.6 Å². The molecule has 1 heterocycles. The van der Waals surface area contributed by atoms with Crippen LogP contribution < -0.4 is 10.6 Å². The number of H-pyrrole nitrogens is 1. The lowest BCUT2D eigenvalue weighted by Gasteiger charge is -2.28. The van der Waals surface area contributed by atoms with Gasteiger partial charge in [0.1, 0.15) is 11.8 Å². The molecule has 0 bridgehead atoms. The Balaban J connectivity index is 1.71. The van der Waals surface area contributed by atoms with Gasteiger partial charge < -0.3 is 25.2 Å². The molecule has 9 nitrogen and oxygen atoms in total. The Labute approximate surface area is 216 Å². The zero-order chi connectivity index (χ0) is 27.0. The smallest absolute Gasteiger partial charge is 0.342 e. The van der Waals surface area contributed by atoms with Crippen molar-refractivity contribution in [2.45, 2.75) is 63.8 Å². The maximum Gasteiger partial charge on any atom is 0.342 e. The molecular formula is C27H36N3O6P. The molecule has 3 aromatic rings. The number of carbonyl (C=O) groups is 2. The van der Waals surface area contributed by atoms with Gasteiger partial charge in [-0.3, -0.25) is 14.7 Å². The molecule has 1 unspecified atom stereocenters. The molecule has 0 aliphatic heterocycles. The first-order valence-corrected chi connectivity index (χ1v) is 14.2. The summed E-state index contributed by atoms with van der Waals surface area (Å²) in [5.41, 5.74) is 2.68. The summed E-state index contributed by atoms with van der Waals surface area (Å²) in [7, 11) is -4.57. The molecule has 0 saturated heterocycles. The summed E-state index contributed by atoms with van der Waals surface area (Å²) in [5, 5.41) is 16.2. The average Bonchev–Trinajstić information content (AvgIpc) is 3.25. The fraction of sp³-hybridized carbons (Fsp3) is 0.407. The maximum absolute atomic E-state index is 13.2. The normalized spacial score (nSPS) is 14.4. The summed E-state index contributed by atoms with van der Waals surface area (Å²) >= 11 is 0. The second kappa shape index (κ2) is 13.0. The van der Waals surface area contributed by atoms with Crippen molar-refractivity contribution >= 4 is 30.4 Å². The van der Waals surface area contributed by atoms with E-state index in [9.17, 15) is 29.0 Å². The zero-order valence-electron chi connectivity index (χ0n) is 21.1. The zero-order valence-corrected chi connectivity index (χ0v) is 22.0. The summed E-state index contributed by atoms with van der Waals surface area (Å²) in [5.74, 6) is -2.97. The number of rotatable bonds is 14. The molecular weight excluding hydrogens is 493 g/mol. The Bertz CT molecular complexity index is 1220. The average molecular weight is 530 g/mol. The van der Waals surface area contributed by atoms with Crippen molar-refractivity contribution < 1.29 is 29.0 Å². The molecule has 3 atom stereocenters. The van der Waals surface area contributed by atoms with Gasteiger partial charge in [0.25, 0.3) is 0 Å². The Morgan fingerprint density at radius 1 is 1.00 bits per heavy atom. The number of amides is 1. The Kier molecular flexibility index (Phi) is 10.1. The number of nitrogens with one attached hydrogen (secondary N) is 3. The highest BCUT2D eigenvalue weighted by Gasteiger charge is 2.34. The third kappa shape index (κ3) is 8.54. The van der Waals surface area contributed by atoms with Gasteiger partial charge in [-0.1, -0.05) is 62.4 Å². The van der Waals surface area contributed by atoms with E-state index in [-0.39, 0.29) is 18.8 Å². The molecule has 1 amide bonds. The van der Waals surface area contributed by atoms with Gasteiger partial charge in [0, 0.05) is 23.5 Å². The van der Waals surface area contributed by atoms with Crippen LogP contribution in [0.1, 0.15) is 44.2 Å². The van der Waals surface area contributed by atoms with Gasteiger partial charge in [0.2, 0.25) is 5.91 Å². The maximum atomic E-state index is 13.2. The van der Waals surface area contributed by atoms with Gasteiger partial charge in [-0.15, -0.1) is 0 Å². The van der Waals surface area contributed by atoms with Crippen LogP contribution in [0.2, 0.25) is 0 Å². The fourth-order valence-corrected chi connectivity index (χ4v) is 5.33. The van der Waals surface area contributed by atoms with Gasteiger partial charge in [-0.2, -0.15) is 0 Å². The van der Waals surface area contributed by atoms with E-state index in [0.717, 1.165) is 22.0 Å². The van der Waals surface area contributed by atoms with E-state index in [1.165, 1.54) is 0 Å². The minimum atomic E-state index is -4.57. The lowest BCUT2D eigenvalue weighted by molar-refractivity contribution is -0.142. The number of fused-ring (bicyclic) bond motifs is 1. The molecule has 0 spiro atoms. The van der Waals surface area contributed by atoms with E-state index >= 15 is 0 Å². The first-order valence-electron chi connectivity index (χ1n) is 12.5. The molecule has 0 saturated carbocycles. The number of hydrogen-bond acceptors (Lipinski definition) is 4. The number of aliphatic carboxylic acids is 1. The SMILES string of the molecule is CC(C)C[C@H](NC(CCCc1ccccc1)P(=O)(O)O)C(=O)N[C@@H](Cc1c[nH]c2ccccc12)C(=O)O. The molecule has 0 aliphatic carbocycles. The summed E-state index contributed by atoms with van der Waals surface area (Å²) in [6, 6.07) is 15.0. The van der Waals surface area contributed by atoms with Crippen LogP contribution in [0.5, 0.6) is 0 Å². The molecule has 0 radical (unpaired) electrons. The summed E-state index contributed by atoms with van der Waals surface area (Å²) in [6.45, 7) is 3.79.